The van der Waals surface area contributed by atoms with E-state index in [1.165, 1.54) is 23.9 Å². The Labute approximate surface area is 172 Å². The number of halogens is 1. The number of nitrogens with zero attached hydrogens (tertiary/aromatic N) is 2. The number of hydrogen-bond acceptors (Lipinski definition) is 4. The Morgan fingerprint density at radius 3 is 2.45 bits per heavy atom. The first-order valence-corrected chi connectivity index (χ1v) is 10.0. The number of benzene rings is 3. The van der Waals surface area contributed by atoms with Crippen molar-refractivity contribution in [1.82, 2.24) is 9.55 Å². The molecule has 1 heterocycles. The molecule has 0 N–H and O–H groups in total. The molecule has 6 heteroatoms. The highest BCUT2D eigenvalue weighted by molar-refractivity contribution is 7.99. The van der Waals surface area contributed by atoms with Crippen LogP contribution in [0, 0.1) is 5.82 Å². The molecule has 29 heavy (non-hydrogen) atoms. The van der Waals surface area contributed by atoms with Crippen LogP contribution in [0.25, 0.3) is 16.6 Å². The second-order valence-corrected chi connectivity index (χ2v) is 7.84. The third-order valence-corrected chi connectivity index (χ3v) is 5.80. The van der Waals surface area contributed by atoms with Gasteiger partial charge < -0.3 is 4.74 Å². The zero-order chi connectivity index (χ0) is 20.4. The maximum atomic E-state index is 13.4. The highest BCUT2D eigenvalue weighted by atomic mass is 32.2. The van der Waals surface area contributed by atoms with Crippen LogP contribution in [0.2, 0.25) is 0 Å². The van der Waals surface area contributed by atoms with Crippen molar-refractivity contribution in [2.75, 3.05) is 7.11 Å². The Kier molecular flexibility index (Phi) is 5.36. The molecule has 0 aliphatic carbocycles. The minimum atomic E-state index is -0.277. The van der Waals surface area contributed by atoms with Crippen LogP contribution in [0.15, 0.2) is 82.7 Å². The number of para-hydroxylation sites is 3. The Balaban J connectivity index is 1.90. The maximum Gasteiger partial charge on any atom is 0.266 e. The summed E-state index contributed by atoms with van der Waals surface area (Å²) in [5, 5.41) is 1.05. The molecule has 4 rings (SSSR count). The average molecular weight is 406 g/mol. The molecule has 4 nitrogen and oxygen atoms in total. The summed E-state index contributed by atoms with van der Waals surface area (Å²) in [6, 6.07) is 21.0. The van der Waals surface area contributed by atoms with Gasteiger partial charge in [0.05, 0.1) is 23.7 Å². The van der Waals surface area contributed by atoms with Crippen LogP contribution < -0.4 is 10.3 Å². The van der Waals surface area contributed by atoms with Crippen LogP contribution in [0.5, 0.6) is 5.75 Å². The molecule has 0 fully saturated rings. The van der Waals surface area contributed by atoms with Crippen molar-refractivity contribution in [3.63, 3.8) is 0 Å². The van der Waals surface area contributed by atoms with Gasteiger partial charge in [0.2, 0.25) is 0 Å². The van der Waals surface area contributed by atoms with Crippen molar-refractivity contribution in [1.29, 1.82) is 0 Å². The fourth-order valence-electron chi connectivity index (χ4n) is 3.18. The number of hydrogen-bond donors (Lipinski definition) is 0. The van der Waals surface area contributed by atoms with Crippen molar-refractivity contribution < 1.29 is 9.13 Å². The minimum Gasteiger partial charge on any atom is -0.495 e. The van der Waals surface area contributed by atoms with E-state index in [1.54, 1.807) is 29.9 Å². The number of ether oxygens (including phenoxy) is 1. The lowest BCUT2D eigenvalue weighted by Crippen LogP contribution is -2.22. The van der Waals surface area contributed by atoms with E-state index in [-0.39, 0.29) is 16.6 Å². The Morgan fingerprint density at radius 2 is 1.69 bits per heavy atom. The Hall–Kier alpha value is -3.12. The van der Waals surface area contributed by atoms with Crippen LogP contribution in [0.4, 0.5) is 4.39 Å². The van der Waals surface area contributed by atoms with Gasteiger partial charge in [-0.2, -0.15) is 0 Å². The molecule has 0 unspecified atom stereocenters. The van der Waals surface area contributed by atoms with E-state index in [0.717, 1.165) is 5.56 Å². The van der Waals surface area contributed by atoms with Crippen molar-refractivity contribution in [2.45, 2.75) is 17.3 Å². The topological polar surface area (TPSA) is 44.1 Å². The quantitative estimate of drug-likeness (QED) is 0.329. The van der Waals surface area contributed by atoms with Crippen molar-refractivity contribution in [3.05, 3.63) is 94.5 Å². The van der Waals surface area contributed by atoms with Gasteiger partial charge in [-0.25, -0.2) is 9.37 Å². The number of rotatable bonds is 5. The van der Waals surface area contributed by atoms with E-state index in [2.05, 4.69) is 0 Å². The van der Waals surface area contributed by atoms with Crippen LogP contribution in [0.1, 0.15) is 17.7 Å². The first-order valence-electron chi connectivity index (χ1n) is 9.16. The highest BCUT2D eigenvalue weighted by Crippen LogP contribution is 2.36. The van der Waals surface area contributed by atoms with Gasteiger partial charge >= 0.3 is 0 Å². The second kappa shape index (κ2) is 8.09. The van der Waals surface area contributed by atoms with Gasteiger partial charge in [-0.05, 0) is 48.9 Å². The Morgan fingerprint density at radius 1 is 1.00 bits per heavy atom. The van der Waals surface area contributed by atoms with E-state index in [0.29, 0.717) is 27.5 Å². The summed E-state index contributed by atoms with van der Waals surface area (Å²) in [6.45, 7) is 2.01. The van der Waals surface area contributed by atoms with Gasteiger partial charge in [0.1, 0.15) is 11.6 Å². The molecule has 0 saturated carbocycles. The largest absolute Gasteiger partial charge is 0.495 e. The Bertz CT molecular complexity index is 1220. The molecule has 1 aromatic heterocycles. The van der Waals surface area contributed by atoms with E-state index in [1.807, 2.05) is 49.4 Å². The molecule has 0 radical (unpaired) electrons. The molecule has 0 amide bonds. The predicted octanol–water partition coefficient (Wildman–Crippen LogP) is 5.39. The lowest BCUT2D eigenvalue weighted by Gasteiger charge is -2.18. The summed E-state index contributed by atoms with van der Waals surface area (Å²) in [5.74, 6) is 0.309. The van der Waals surface area contributed by atoms with Gasteiger partial charge in [0.25, 0.3) is 5.56 Å². The lowest BCUT2D eigenvalue weighted by molar-refractivity contribution is 0.411. The molecular formula is C23H19FN2O2S. The van der Waals surface area contributed by atoms with Crippen LogP contribution >= 0.6 is 11.8 Å². The highest BCUT2D eigenvalue weighted by Gasteiger charge is 2.19. The smallest absolute Gasteiger partial charge is 0.266 e. The molecule has 146 valence electrons. The van der Waals surface area contributed by atoms with Gasteiger partial charge in [0, 0.05) is 5.25 Å². The van der Waals surface area contributed by atoms with E-state index < -0.39 is 0 Å². The molecule has 0 saturated heterocycles. The molecule has 0 bridgehead atoms. The SMILES string of the molecule is COc1ccccc1-n1c(S[C@@H](C)c2ccc(F)cc2)nc2ccccc2c1=O. The van der Waals surface area contributed by atoms with Gasteiger partial charge in [0.15, 0.2) is 5.16 Å². The standard InChI is InChI=1S/C23H19FN2O2S/c1-15(16-11-13-17(24)14-12-16)29-23-25-19-8-4-3-7-18(19)22(27)26(23)20-9-5-6-10-21(20)28-2/h3-15H,1-2H3/t15-/m0/s1. The van der Waals surface area contributed by atoms with E-state index in [9.17, 15) is 9.18 Å². The second-order valence-electron chi connectivity index (χ2n) is 6.54. The van der Waals surface area contributed by atoms with Crippen molar-refractivity contribution >= 4 is 22.7 Å². The molecule has 0 aliphatic rings. The molecule has 1 atom stereocenters. The first-order chi connectivity index (χ1) is 14.1. The number of fused-ring (bicyclic) bond motifs is 1. The maximum absolute atomic E-state index is 13.4. The van der Waals surface area contributed by atoms with E-state index >= 15 is 0 Å². The molecule has 3 aromatic carbocycles. The number of thioether (sulfide) groups is 1. The summed E-state index contributed by atoms with van der Waals surface area (Å²) in [7, 11) is 1.58. The van der Waals surface area contributed by atoms with Gasteiger partial charge in [-0.15, -0.1) is 0 Å². The summed E-state index contributed by atoms with van der Waals surface area (Å²) in [4.78, 5) is 18.2. The zero-order valence-electron chi connectivity index (χ0n) is 16.0. The fraction of sp³-hybridized carbons (Fsp3) is 0.130. The summed E-state index contributed by atoms with van der Waals surface area (Å²) >= 11 is 1.45. The van der Waals surface area contributed by atoms with Gasteiger partial charge in [-0.3, -0.25) is 9.36 Å². The predicted molar refractivity (Wildman–Crippen MR) is 115 cm³/mol. The molecule has 0 aliphatic heterocycles. The number of methoxy groups -OCH3 is 1. The zero-order valence-corrected chi connectivity index (χ0v) is 16.8. The normalized spacial score (nSPS) is 12.1. The average Bonchev–Trinajstić information content (AvgIpc) is 2.74. The van der Waals surface area contributed by atoms with E-state index in [4.69, 9.17) is 9.72 Å². The van der Waals surface area contributed by atoms with Gasteiger partial charge in [-0.1, -0.05) is 48.2 Å². The summed E-state index contributed by atoms with van der Waals surface area (Å²) < 4.78 is 20.4. The van der Waals surface area contributed by atoms with Crippen molar-refractivity contribution in [2.24, 2.45) is 0 Å². The van der Waals surface area contributed by atoms with Crippen LogP contribution in [0.3, 0.4) is 0 Å². The monoisotopic (exact) mass is 406 g/mol. The third-order valence-electron chi connectivity index (χ3n) is 4.69. The van der Waals surface area contributed by atoms with Crippen LogP contribution in [-0.2, 0) is 0 Å². The molecule has 0 spiro atoms. The van der Waals surface area contributed by atoms with Crippen LogP contribution in [-0.4, -0.2) is 16.7 Å². The summed E-state index contributed by atoms with van der Waals surface area (Å²) in [5.41, 5.74) is 2.06. The molecule has 4 aromatic rings. The van der Waals surface area contributed by atoms with Crippen molar-refractivity contribution in [3.8, 4) is 11.4 Å². The number of aromatic nitrogens is 2. The third kappa shape index (κ3) is 3.76. The minimum absolute atomic E-state index is 0.0374. The summed E-state index contributed by atoms with van der Waals surface area (Å²) in [6.07, 6.45) is 0. The lowest BCUT2D eigenvalue weighted by atomic mass is 10.2. The fourth-order valence-corrected chi connectivity index (χ4v) is 4.23. The first kappa shape index (κ1) is 19.2. The molecular weight excluding hydrogens is 387 g/mol.